The molecule has 198 valence electrons. The fourth-order valence-corrected chi connectivity index (χ4v) is 6.05. The van der Waals surface area contributed by atoms with E-state index in [0.29, 0.717) is 61.3 Å². The van der Waals surface area contributed by atoms with E-state index in [1.807, 2.05) is 18.2 Å². The lowest BCUT2D eigenvalue weighted by molar-refractivity contribution is -0.139. The van der Waals surface area contributed by atoms with Crippen molar-refractivity contribution in [3.05, 3.63) is 76.9 Å². The van der Waals surface area contributed by atoms with E-state index >= 15 is 0 Å². The second kappa shape index (κ2) is 10.7. The van der Waals surface area contributed by atoms with Crippen molar-refractivity contribution in [2.24, 2.45) is 4.99 Å². The van der Waals surface area contributed by atoms with Crippen LogP contribution in [-0.4, -0.2) is 44.6 Å². The average Bonchev–Trinajstić information content (AvgIpc) is 3.21. The van der Waals surface area contributed by atoms with Gasteiger partial charge in [-0.3, -0.25) is 9.36 Å². The molecule has 0 spiro atoms. The van der Waals surface area contributed by atoms with Gasteiger partial charge in [0.25, 0.3) is 5.56 Å². The highest BCUT2D eigenvalue weighted by atomic mass is 79.9. The lowest BCUT2D eigenvalue weighted by atomic mass is 9.95. The first-order chi connectivity index (χ1) is 18.4. The molecular weight excluding hydrogens is 576 g/mol. The molecule has 3 heterocycles. The molecule has 0 saturated carbocycles. The normalized spacial score (nSPS) is 16.6. The van der Waals surface area contributed by atoms with Crippen molar-refractivity contribution in [1.82, 2.24) is 4.57 Å². The number of aromatic nitrogens is 1. The monoisotopic (exact) mass is 600 g/mol. The molecule has 0 fully saturated rings. The first kappa shape index (κ1) is 26.1. The molecule has 0 radical (unpaired) electrons. The minimum Gasteiger partial charge on any atom is -0.493 e. The van der Waals surface area contributed by atoms with Gasteiger partial charge in [0.1, 0.15) is 13.2 Å². The van der Waals surface area contributed by atoms with Gasteiger partial charge in [0.05, 0.1) is 42.7 Å². The summed E-state index contributed by atoms with van der Waals surface area (Å²) >= 11 is 4.85. The van der Waals surface area contributed by atoms with Crippen LogP contribution in [0.3, 0.4) is 0 Å². The maximum Gasteiger partial charge on any atom is 0.338 e. The van der Waals surface area contributed by atoms with Gasteiger partial charge >= 0.3 is 5.97 Å². The zero-order valence-corrected chi connectivity index (χ0v) is 23.6. The summed E-state index contributed by atoms with van der Waals surface area (Å²) in [4.78, 5) is 32.2. The lowest BCUT2D eigenvalue weighted by Gasteiger charge is -2.26. The van der Waals surface area contributed by atoms with E-state index in [4.69, 9.17) is 23.7 Å². The van der Waals surface area contributed by atoms with Gasteiger partial charge in [0.15, 0.2) is 27.8 Å². The Morgan fingerprint density at radius 3 is 2.58 bits per heavy atom. The van der Waals surface area contributed by atoms with Gasteiger partial charge in [-0.25, -0.2) is 9.79 Å². The predicted octanol–water partition coefficient (Wildman–Crippen LogP) is 3.35. The molecule has 0 unspecified atom stereocenters. The van der Waals surface area contributed by atoms with Crippen molar-refractivity contribution in [2.45, 2.75) is 19.9 Å². The van der Waals surface area contributed by atoms with E-state index in [1.54, 1.807) is 39.2 Å². The van der Waals surface area contributed by atoms with Crippen LogP contribution in [0.15, 0.2) is 55.9 Å². The summed E-state index contributed by atoms with van der Waals surface area (Å²) in [5.74, 6) is 1.73. The zero-order chi connectivity index (χ0) is 27.0. The van der Waals surface area contributed by atoms with Gasteiger partial charge in [0, 0.05) is 4.47 Å². The zero-order valence-electron chi connectivity index (χ0n) is 21.2. The molecule has 0 N–H and O–H groups in total. The summed E-state index contributed by atoms with van der Waals surface area (Å²) in [5, 5.41) is 0. The Bertz CT molecular complexity index is 1640. The van der Waals surface area contributed by atoms with Gasteiger partial charge in [0.2, 0.25) is 0 Å². The first-order valence-electron chi connectivity index (χ1n) is 11.9. The van der Waals surface area contributed by atoms with E-state index < -0.39 is 12.0 Å². The maximum absolute atomic E-state index is 13.9. The molecule has 1 atom stereocenters. The number of hydrogen-bond donors (Lipinski definition) is 0. The predicted molar refractivity (Wildman–Crippen MR) is 145 cm³/mol. The number of hydrogen-bond acceptors (Lipinski definition) is 9. The number of carbonyl (C=O) groups is 1. The molecule has 2 aromatic carbocycles. The van der Waals surface area contributed by atoms with E-state index in [0.717, 1.165) is 5.56 Å². The Labute approximate surface area is 230 Å². The van der Waals surface area contributed by atoms with Crippen LogP contribution in [0.5, 0.6) is 23.0 Å². The van der Waals surface area contributed by atoms with Crippen LogP contribution >= 0.6 is 27.3 Å². The summed E-state index contributed by atoms with van der Waals surface area (Å²) < 4.78 is 30.3. The molecule has 3 aromatic rings. The van der Waals surface area contributed by atoms with Crippen molar-refractivity contribution in [1.29, 1.82) is 0 Å². The summed E-state index contributed by atoms with van der Waals surface area (Å²) in [7, 11) is 3.07. The van der Waals surface area contributed by atoms with Crippen LogP contribution in [0.1, 0.15) is 31.0 Å². The van der Waals surface area contributed by atoms with Crippen LogP contribution in [0.25, 0.3) is 6.08 Å². The van der Waals surface area contributed by atoms with Crippen molar-refractivity contribution in [3.63, 3.8) is 0 Å². The number of halogens is 1. The SMILES string of the molecule is CCOC(=O)C1=C(C)N=c2s/c(=C\c3ccc4c(c3)OCCO4)c(=O)n2[C@@H]1c1cc(OC)c(OC)cc1Br. The van der Waals surface area contributed by atoms with Gasteiger partial charge in [-0.05, 0) is 55.3 Å². The number of esters is 1. The smallest absolute Gasteiger partial charge is 0.338 e. The molecule has 11 heteroatoms. The largest absolute Gasteiger partial charge is 0.493 e. The second-order valence-corrected chi connectivity index (χ2v) is 10.3. The molecule has 2 aliphatic rings. The van der Waals surface area contributed by atoms with Crippen LogP contribution in [-0.2, 0) is 9.53 Å². The van der Waals surface area contributed by atoms with Gasteiger partial charge < -0.3 is 23.7 Å². The number of allylic oxidation sites excluding steroid dienone is 1. The van der Waals surface area contributed by atoms with Crippen LogP contribution in [0.2, 0.25) is 0 Å². The van der Waals surface area contributed by atoms with E-state index in [-0.39, 0.29) is 17.7 Å². The summed E-state index contributed by atoms with van der Waals surface area (Å²) in [6.45, 7) is 4.63. The number of fused-ring (bicyclic) bond motifs is 2. The number of rotatable bonds is 6. The third kappa shape index (κ3) is 4.60. The molecule has 5 rings (SSSR count). The standard InChI is InChI=1S/C27H25BrN2O7S/c1-5-35-26(32)23-14(2)29-27-30(24(23)16-12-19(33-3)20(34-4)13-17(16)28)25(31)22(38-27)11-15-6-7-18-21(10-15)37-9-8-36-18/h6-7,10-13,24H,5,8-9H2,1-4H3/b22-11-/t24-/m1/s1. The maximum atomic E-state index is 13.9. The van der Waals surface area contributed by atoms with Crippen molar-refractivity contribution in [3.8, 4) is 23.0 Å². The number of benzene rings is 2. The Hall–Kier alpha value is -3.57. The van der Waals surface area contributed by atoms with E-state index in [9.17, 15) is 9.59 Å². The fourth-order valence-electron chi connectivity index (χ4n) is 4.47. The first-order valence-corrected chi connectivity index (χ1v) is 13.5. The Morgan fingerprint density at radius 2 is 1.87 bits per heavy atom. The molecule has 9 nitrogen and oxygen atoms in total. The quantitative estimate of drug-likeness (QED) is 0.400. The van der Waals surface area contributed by atoms with Crippen LogP contribution in [0, 0.1) is 0 Å². The second-order valence-electron chi connectivity index (χ2n) is 8.43. The molecule has 0 saturated heterocycles. The molecular formula is C27H25BrN2O7S. The van der Waals surface area contributed by atoms with Crippen molar-refractivity contribution < 1.29 is 28.5 Å². The third-order valence-corrected chi connectivity index (χ3v) is 7.85. The van der Waals surface area contributed by atoms with Crippen LogP contribution in [0.4, 0.5) is 0 Å². The van der Waals surface area contributed by atoms with Gasteiger partial charge in [-0.2, -0.15) is 0 Å². The molecule has 0 bridgehead atoms. The van der Waals surface area contributed by atoms with E-state index in [1.165, 1.54) is 23.0 Å². The van der Waals surface area contributed by atoms with Crippen molar-refractivity contribution >= 4 is 39.3 Å². The van der Waals surface area contributed by atoms with Gasteiger partial charge in [-0.1, -0.05) is 33.3 Å². The molecule has 2 aliphatic heterocycles. The Morgan fingerprint density at radius 1 is 1.16 bits per heavy atom. The number of carbonyl (C=O) groups excluding carboxylic acids is 1. The third-order valence-electron chi connectivity index (χ3n) is 6.18. The molecule has 1 aromatic heterocycles. The summed E-state index contributed by atoms with van der Waals surface area (Å²) in [5.41, 5.74) is 1.88. The summed E-state index contributed by atoms with van der Waals surface area (Å²) in [6, 6.07) is 8.22. The highest BCUT2D eigenvalue weighted by Gasteiger charge is 2.35. The Kier molecular flexibility index (Phi) is 7.31. The number of thiazole rings is 1. The minimum atomic E-state index is -0.804. The highest BCUT2D eigenvalue weighted by Crippen LogP contribution is 2.40. The number of methoxy groups -OCH3 is 2. The van der Waals surface area contributed by atoms with Crippen LogP contribution < -0.4 is 33.8 Å². The highest BCUT2D eigenvalue weighted by molar-refractivity contribution is 9.10. The van der Waals surface area contributed by atoms with Gasteiger partial charge in [-0.15, -0.1) is 0 Å². The Balaban J connectivity index is 1.72. The fraction of sp³-hybridized carbons (Fsp3) is 0.296. The lowest BCUT2D eigenvalue weighted by Crippen LogP contribution is -2.40. The topological polar surface area (TPSA) is 97.6 Å². The van der Waals surface area contributed by atoms with Crippen molar-refractivity contribution in [2.75, 3.05) is 34.0 Å². The average molecular weight is 601 g/mol. The molecule has 0 amide bonds. The molecule has 0 aliphatic carbocycles. The number of nitrogens with zero attached hydrogens (tertiary/aromatic N) is 2. The number of ether oxygens (including phenoxy) is 5. The molecule has 38 heavy (non-hydrogen) atoms. The van der Waals surface area contributed by atoms with E-state index in [2.05, 4.69) is 20.9 Å². The minimum absolute atomic E-state index is 0.184. The summed E-state index contributed by atoms with van der Waals surface area (Å²) in [6.07, 6.45) is 1.78.